The van der Waals surface area contributed by atoms with E-state index >= 15 is 4.39 Å². The van der Waals surface area contributed by atoms with E-state index in [0.29, 0.717) is 35.6 Å². The molecule has 4 heterocycles. The van der Waals surface area contributed by atoms with E-state index in [1.165, 1.54) is 18.3 Å². The number of anilines is 1. The SMILES string of the molecule is C=CC(=O)N1CC(n2nnc3cnc4c(F)c(-c5c(F)cc(F)c6sc(N)nc56)c(Cl)cc4c32)C1. The summed E-state index contributed by atoms with van der Waals surface area (Å²) in [5, 5.41) is 8.45. The van der Waals surface area contributed by atoms with E-state index in [1.54, 1.807) is 9.58 Å². The van der Waals surface area contributed by atoms with Crippen molar-refractivity contribution in [3.05, 3.63) is 53.5 Å². The molecule has 0 unspecified atom stereocenters. The lowest BCUT2D eigenvalue weighted by Gasteiger charge is -2.38. The molecular formula is C22H13ClF3N7OS. The Morgan fingerprint density at radius 1 is 1.20 bits per heavy atom. The van der Waals surface area contributed by atoms with Gasteiger partial charge in [-0.05, 0) is 12.1 Å². The molecule has 13 heteroatoms. The lowest BCUT2D eigenvalue weighted by Crippen LogP contribution is -2.50. The fraction of sp³-hybridized carbons (Fsp3) is 0.136. The second-order valence-corrected chi connectivity index (χ2v) is 9.45. The van der Waals surface area contributed by atoms with Crippen LogP contribution < -0.4 is 5.73 Å². The first-order valence-corrected chi connectivity index (χ1v) is 11.4. The quantitative estimate of drug-likeness (QED) is 0.355. The third-order valence-corrected chi connectivity index (χ3v) is 7.21. The van der Waals surface area contributed by atoms with Gasteiger partial charge in [-0.15, -0.1) is 5.10 Å². The first-order chi connectivity index (χ1) is 16.8. The van der Waals surface area contributed by atoms with Gasteiger partial charge in [0.25, 0.3) is 0 Å². The number of thiazole rings is 1. The summed E-state index contributed by atoms with van der Waals surface area (Å²) in [4.78, 5) is 21.6. The van der Waals surface area contributed by atoms with Crippen molar-refractivity contribution in [2.24, 2.45) is 0 Å². The maximum absolute atomic E-state index is 15.9. The lowest BCUT2D eigenvalue weighted by molar-refractivity contribution is -0.131. The molecule has 5 aromatic rings. The van der Waals surface area contributed by atoms with E-state index in [0.717, 1.165) is 11.3 Å². The molecule has 0 spiro atoms. The van der Waals surface area contributed by atoms with E-state index in [9.17, 15) is 13.6 Å². The molecule has 0 aliphatic carbocycles. The topological polar surface area (TPSA) is 103 Å². The number of halogens is 4. The molecule has 2 N–H and O–H groups in total. The number of amides is 1. The van der Waals surface area contributed by atoms with Gasteiger partial charge in [0.2, 0.25) is 5.91 Å². The monoisotopic (exact) mass is 515 g/mol. The van der Waals surface area contributed by atoms with Crippen LogP contribution in [0.3, 0.4) is 0 Å². The number of nitrogens with zero attached hydrogens (tertiary/aromatic N) is 6. The number of likely N-dealkylation sites (tertiary alicyclic amines) is 1. The van der Waals surface area contributed by atoms with Crippen LogP contribution in [0, 0.1) is 17.5 Å². The maximum Gasteiger partial charge on any atom is 0.246 e. The lowest BCUT2D eigenvalue weighted by atomic mass is 10.00. The van der Waals surface area contributed by atoms with E-state index in [2.05, 4.69) is 26.9 Å². The van der Waals surface area contributed by atoms with Crippen molar-refractivity contribution < 1.29 is 18.0 Å². The fourth-order valence-electron chi connectivity index (χ4n) is 4.37. The number of nitrogen functional groups attached to an aromatic ring is 1. The number of hydrogen-bond acceptors (Lipinski definition) is 7. The summed E-state index contributed by atoms with van der Waals surface area (Å²) in [6.07, 6.45) is 2.58. The van der Waals surface area contributed by atoms with Gasteiger partial charge in [0.1, 0.15) is 28.2 Å². The van der Waals surface area contributed by atoms with Crippen molar-refractivity contribution in [3.63, 3.8) is 0 Å². The molecule has 0 saturated carbocycles. The molecule has 1 aliphatic heterocycles. The van der Waals surface area contributed by atoms with E-state index in [4.69, 9.17) is 17.3 Å². The Bertz CT molecular complexity index is 1730. The highest BCUT2D eigenvalue weighted by molar-refractivity contribution is 7.22. The summed E-state index contributed by atoms with van der Waals surface area (Å²) < 4.78 is 46.8. The van der Waals surface area contributed by atoms with Gasteiger partial charge in [0, 0.05) is 35.7 Å². The standard InChI is InChI=1S/C22H13ClF3N7OS/c1-2-14(34)32-6-8(7-32)33-20-9-3-10(23)15(17(26)18(9)28-5-13(20)30-31-33)16-11(24)4-12(25)21-19(16)29-22(27)35-21/h2-5,8H,1,6-7H2,(H2,27,29). The number of aromatic nitrogens is 5. The predicted molar refractivity (Wildman–Crippen MR) is 127 cm³/mol. The van der Waals surface area contributed by atoms with Crippen LogP contribution in [0.15, 0.2) is 31.0 Å². The molecule has 8 nitrogen and oxygen atoms in total. The van der Waals surface area contributed by atoms with Gasteiger partial charge in [-0.1, -0.05) is 34.7 Å². The third kappa shape index (κ3) is 3.09. The summed E-state index contributed by atoms with van der Waals surface area (Å²) in [7, 11) is 0. The van der Waals surface area contributed by atoms with Crippen LogP contribution in [-0.4, -0.2) is 48.9 Å². The zero-order valence-electron chi connectivity index (χ0n) is 17.6. The minimum absolute atomic E-state index is 0.00218. The minimum atomic E-state index is -1.03. The zero-order chi connectivity index (χ0) is 24.6. The highest BCUT2D eigenvalue weighted by Gasteiger charge is 2.33. The van der Waals surface area contributed by atoms with Gasteiger partial charge in [-0.3, -0.25) is 9.78 Å². The molecular weight excluding hydrogens is 503 g/mol. The van der Waals surface area contributed by atoms with Gasteiger partial charge in [0.05, 0.1) is 27.5 Å². The second kappa shape index (κ2) is 7.62. The van der Waals surface area contributed by atoms with Gasteiger partial charge < -0.3 is 10.6 Å². The van der Waals surface area contributed by atoms with E-state index < -0.39 is 17.5 Å². The molecule has 2 aromatic carbocycles. The highest BCUT2D eigenvalue weighted by atomic mass is 35.5. The number of carbonyl (C=O) groups is 1. The number of fused-ring (bicyclic) bond motifs is 4. The van der Waals surface area contributed by atoms with E-state index in [1.807, 2.05) is 0 Å². The van der Waals surface area contributed by atoms with Crippen LogP contribution in [0.5, 0.6) is 0 Å². The predicted octanol–water partition coefficient (Wildman–Crippen LogP) is 4.48. The Morgan fingerprint density at radius 2 is 1.97 bits per heavy atom. The molecule has 0 atom stereocenters. The van der Waals surface area contributed by atoms with Crippen molar-refractivity contribution in [1.82, 2.24) is 29.9 Å². The summed E-state index contributed by atoms with van der Waals surface area (Å²) in [6.45, 7) is 4.24. The number of carbonyl (C=O) groups excluding carboxylic acids is 1. The normalized spacial score (nSPS) is 14.2. The molecule has 6 rings (SSSR count). The van der Waals surface area contributed by atoms with Crippen molar-refractivity contribution in [2.75, 3.05) is 18.8 Å². The number of rotatable bonds is 3. The van der Waals surface area contributed by atoms with Crippen molar-refractivity contribution in [3.8, 4) is 11.1 Å². The number of hydrogen-bond donors (Lipinski definition) is 1. The summed E-state index contributed by atoms with van der Waals surface area (Å²) in [5.74, 6) is -2.99. The van der Waals surface area contributed by atoms with Crippen molar-refractivity contribution in [1.29, 1.82) is 0 Å². The average molecular weight is 516 g/mol. The Labute approximate surface area is 203 Å². The van der Waals surface area contributed by atoms with Crippen molar-refractivity contribution >= 4 is 66.1 Å². The molecule has 0 bridgehead atoms. The van der Waals surface area contributed by atoms with Crippen LogP contribution in [0.1, 0.15) is 6.04 Å². The Hall–Kier alpha value is -3.77. The summed E-state index contributed by atoms with van der Waals surface area (Å²) >= 11 is 7.32. The zero-order valence-corrected chi connectivity index (χ0v) is 19.2. The van der Waals surface area contributed by atoms with Gasteiger partial charge in [0.15, 0.2) is 10.9 Å². The first-order valence-electron chi connectivity index (χ1n) is 10.3. The molecule has 176 valence electrons. The first kappa shape index (κ1) is 21.7. The smallest absolute Gasteiger partial charge is 0.246 e. The summed E-state index contributed by atoms with van der Waals surface area (Å²) in [5.41, 5.74) is 5.75. The molecule has 35 heavy (non-hydrogen) atoms. The second-order valence-electron chi connectivity index (χ2n) is 8.02. The van der Waals surface area contributed by atoms with Crippen LogP contribution >= 0.6 is 22.9 Å². The van der Waals surface area contributed by atoms with Crippen LogP contribution in [0.4, 0.5) is 18.3 Å². The summed E-state index contributed by atoms with van der Waals surface area (Å²) in [6, 6.07) is 1.90. The number of nitrogens with two attached hydrogens (primary N) is 1. The van der Waals surface area contributed by atoms with Crippen LogP contribution in [-0.2, 0) is 4.79 Å². The molecule has 1 amide bonds. The molecule has 0 radical (unpaired) electrons. The number of benzene rings is 2. The van der Waals surface area contributed by atoms with Crippen LogP contribution in [0.2, 0.25) is 5.02 Å². The average Bonchev–Trinajstić information content (AvgIpc) is 3.38. The number of pyridine rings is 1. The third-order valence-electron chi connectivity index (χ3n) is 6.02. The van der Waals surface area contributed by atoms with Gasteiger partial charge >= 0.3 is 0 Å². The largest absolute Gasteiger partial charge is 0.375 e. The molecule has 3 aromatic heterocycles. The molecule has 1 saturated heterocycles. The Kier molecular flexibility index (Phi) is 4.73. The van der Waals surface area contributed by atoms with E-state index in [-0.39, 0.29) is 49.0 Å². The molecule has 1 aliphatic rings. The van der Waals surface area contributed by atoms with Gasteiger partial charge in [-0.25, -0.2) is 22.8 Å². The minimum Gasteiger partial charge on any atom is -0.375 e. The van der Waals surface area contributed by atoms with Gasteiger partial charge in [-0.2, -0.15) is 0 Å². The molecule has 1 fully saturated rings. The maximum atomic E-state index is 15.9. The fourth-order valence-corrected chi connectivity index (χ4v) is 5.40. The highest BCUT2D eigenvalue weighted by Crippen LogP contribution is 2.43. The Morgan fingerprint density at radius 3 is 2.71 bits per heavy atom. The van der Waals surface area contributed by atoms with Crippen LogP contribution in [0.25, 0.3) is 43.3 Å². The Balaban J connectivity index is 1.57. The van der Waals surface area contributed by atoms with Crippen molar-refractivity contribution in [2.45, 2.75) is 6.04 Å².